The first kappa shape index (κ1) is 29.1. The molecule has 206 valence electrons. The first-order chi connectivity index (χ1) is 18.8. The number of nitrogens with zero attached hydrogens (tertiary/aromatic N) is 5. The standard InChI is InChI=1S/C30H37N5O2S2/c1-4-5-6-7-11-14-35-29(37)26(39-30(35)38)19-24-22(2)25(20-31)28(36)32(3)27(24)34-17-15-33(16-18-34)21-23-12-9-8-10-13-23/h8-10,12-13,19H,4-7,11,14-18,21H2,1-3H3. The molecule has 2 fully saturated rings. The van der Waals surface area contributed by atoms with Crippen LogP contribution in [0.4, 0.5) is 5.82 Å². The van der Waals surface area contributed by atoms with E-state index in [-0.39, 0.29) is 17.0 Å². The lowest BCUT2D eigenvalue weighted by molar-refractivity contribution is -0.122. The first-order valence-corrected chi connectivity index (χ1v) is 15.0. The van der Waals surface area contributed by atoms with Crippen LogP contribution in [-0.2, 0) is 18.4 Å². The van der Waals surface area contributed by atoms with Crippen molar-refractivity contribution in [3.8, 4) is 6.07 Å². The van der Waals surface area contributed by atoms with Gasteiger partial charge < -0.3 is 4.90 Å². The van der Waals surface area contributed by atoms with Gasteiger partial charge >= 0.3 is 0 Å². The lowest BCUT2D eigenvalue weighted by Gasteiger charge is -2.37. The molecule has 7 nitrogen and oxygen atoms in total. The van der Waals surface area contributed by atoms with Crippen molar-refractivity contribution in [1.29, 1.82) is 5.26 Å². The molecule has 3 heterocycles. The number of amides is 1. The van der Waals surface area contributed by atoms with Crippen molar-refractivity contribution in [2.45, 2.75) is 52.5 Å². The molecule has 39 heavy (non-hydrogen) atoms. The Morgan fingerprint density at radius 1 is 1.05 bits per heavy atom. The van der Waals surface area contributed by atoms with Crippen LogP contribution in [0.25, 0.3) is 6.08 Å². The minimum Gasteiger partial charge on any atom is -0.355 e. The Morgan fingerprint density at radius 3 is 2.41 bits per heavy atom. The summed E-state index contributed by atoms with van der Waals surface area (Å²) in [5.41, 5.74) is 2.43. The molecule has 0 radical (unpaired) electrons. The van der Waals surface area contributed by atoms with E-state index in [0.29, 0.717) is 21.3 Å². The molecular formula is C30H37N5O2S2. The van der Waals surface area contributed by atoms with Crippen molar-refractivity contribution in [3.63, 3.8) is 0 Å². The van der Waals surface area contributed by atoms with Crippen molar-refractivity contribution in [2.24, 2.45) is 7.05 Å². The van der Waals surface area contributed by atoms with Crippen LogP contribution in [0.2, 0.25) is 0 Å². The number of hydrogen-bond acceptors (Lipinski definition) is 7. The second-order valence-corrected chi connectivity index (χ2v) is 11.9. The van der Waals surface area contributed by atoms with Crippen molar-refractivity contribution in [1.82, 2.24) is 14.4 Å². The number of anilines is 1. The maximum Gasteiger partial charge on any atom is 0.270 e. The average Bonchev–Trinajstić information content (AvgIpc) is 3.20. The summed E-state index contributed by atoms with van der Waals surface area (Å²) in [6.45, 7) is 8.67. The number of benzene rings is 1. The monoisotopic (exact) mass is 563 g/mol. The molecule has 0 bridgehead atoms. The third-order valence-electron chi connectivity index (χ3n) is 7.52. The number of unbranched alkanes of at least 4 members (excludes halogenated alkanes) is 4. The largest absolute Gasteiger partial charge is 0.355 e. The molecule has 0 aliphatic carbocycles. The number of piperazine rings is 1. The van der Waals surface area contributed by atoms with Crippen molar-refractivity contribution < 1.29 is 4.79 Å². The summed E-state index contributed by atoms with van der Waals surface area (Å²) in [6.07, 6.45) is 7.40. The molecule has 1 aromatic heterocycles. The molecule has 0 N–H and O–H groups in total. The Labute approximate surface area is 241 Å². The smallest absolute Gasteiger partial charge is 0.270 e. The van der Waals surface area contributed by atoms with Gasteiger partial charge in [-0.25, -0.2) is 0 Å². The summed E-state index contributed by atoms with van der Waals surface area (Å²) in [6, 6.07) is 12.5. The molecular weight excluding hydrogens is 526 g/mol. The van der Waals surface area contributed by atoms with Gasteiger partial charge in [0.15, 0.2) is 0 Å². The van der Waals surface area contributed by atoms with Crippen LogP contribution >= 0.6 is 24.0 Å². The molecule has 1 amide bonds. The highest BCUT2D eigenvalue weighted by molar-refractivity contribution is 8.26. The molecule has 2 aliphatic rings. The van der Waals surface area contributed by atoms with E-state index in [4.69, 9.17) is 12.2 Å². The van der Waals surface area contributed by atoms with Crippen LogP contribution in [0.3, 0.4) is 0 Å². The second-order valence-electron chi connectivity index (χ2n) is 10.2. The summed E-state index contributed by atoms with van der Waals surface area (Å²) in [7, 11) is 1.72. The van der Waals surface area contributed by atoms with Gasteiger partial charge in [-0.3, -0.25) is 24.0 Å². The number of thiocarbonyl (C=S) groups is 1. The number of aromatic nitrogens is 1. The number of carbonyl (C=O) groups excluding carboxylic acids is 1. The number of nitriles is 1. The van der Waals surface area contributed by atoms with Crippen LogP contribution in [0.15, 0.2) is 40.0 Å². The lowest BCUT2D eigenvalue weighted by Crippen LogP contribution is -2.48. The zero-order valence-electron chi connectivity index (χ0n) is 23.1. The SMILES string of the molecule is CCCCCCCN1C(=O)C(=Cc2c(C)c(C#N)c(=O)n(C)c2N2CCN(Cc3ccccc3)CC2)SC1=S. The zero-order chi connectivity index (χ0) is 27.9. The molecule has 0 unspecified atom stereocenters. The predicted octanol–water partition coefficient (Wildman–Crippen LogP) is 5.06. The molecule has 2 saturated heterocycles. The fourth-order valence-electron chi connectivity index (χ4n) is 5.25. The van der Waals surface area contributed by atoms with Gasteiger partial charge in [0.05, 0.1) is 4.91 Å². The average molecular weight is 564 g/mol. The number of rotatable bonds is 10. The van der Waals surface area contributed by atoms with E-state index in [1.807, 2.05) is 12.1 Å². The summed E-state index contributed by atoms with van der Waals surface area (Å²) in [4.78, 5) is 33.3. The van der Waals surface area contributed by atoms with Crippen LogP contribution in [0, 0.1) is 18.3 Å². The maximum absolute atomic E-state index is 13.4. The van der Waals surface area contributed by atoms with Crippen molar-refractivity contribution in [2.75, 3.05) is 37.6 Å². The fourth-order valence-corrected chi connectivity index (χ4v) is 6.54. The quantitative estimate of drug-likeness (QED) is 0.227. The van der Waals surface area contributed by atoms with Gasteiger partial charge in [0.1, 0.15) is 21.8 Å². The van der Waals surface area contributed by atoms with Crippen LogP contribution in [-0.4, -0.2) is 57.3 Å². The molecule has 9 heteroatoms. The van der Waals surface area contributed by atoms with E-state index >= 15 is 0 Å². The Bertz CT molecular complexity index is 1340. The molecule has 2 aromatic rings. The molecule has 0 saturated carbocycles. The lowest BCUT2D eigenvalue weighted by atomic mass is 10.0. The second kappa shape index (κ2) is 13.4. The summed E-state index contributed by atoms with van der Waals surface area (Å²) < 4.78 is 2.14. The van der Waals surface area contributed by atoms with Crippen molar-refractivity contribution >= 4 is 46.1 Å². The van der Waals surface area contributed by atoms with Gasteiger partial charge in [0, 0.05) is 51.9 Å². The van der Waals surface area contributed by atoms with E-state index < -0.39 is 0 Å². The van der Waals surface area contributed by atoms with Crippen LogP contribution < -0.4 is 10.5 Å². The van der Waals surface area contributed by atoms with Gasteiger partial charge in [-0.05, 0) is 30.5 Å². The number of pyridine rings is 1. The van der Waals surface area contributed by atoms with E-state index in [1.54, 1.807) is 23.4 Å². The minimum absolute atomic E-state index is 0.0918. The van der Waals surface area contributed by atoms with Gasteiger partial charge in [-0.2, -0.15) is 5.26 Å². The highest BCUT2D eigenvalue weighted by Crippen LogP contribution is 2.36. The number of thioether (sulfide) groups is 1. The molecule has 0 spiro atoms. The van der Waals surface area contributed by atoms with Gasteiger partial charge in [-0.1, -0.05) is 86.9 Å². The van der Waals surface area contributed by atoms with E-state index in [0.717, 1.165) is 63.4 Å². The predicted molar refractivity (Wildman–Crippen MR) is 164 cm³/mol. The topological polar surface area (TPSA) is 72.6 Å². The summed E-state index contributed by atoms with van der Waals surface area (Å²) >= 11 is 6.87. The van der Waals surface area contributed by atoms with E-state index in [9.17, 15) is 14.9 Å². The third kappa shape index (κ3) is 6.63. The molecule has 0 atom stereocenters. The van der Waals surface area contributed by atoms with Gasteiger partial charge in [0.2, 0.25) is 0 Å². The summed E-state index contributed by atoms with van der Waals surface area (Å²) in [5, 5.41) is 9.77. The molecule has 1 aromatic carbocycles. The van der Waals surface area contributed by atoms with Gasteiger partial charge in [0.25, 0.3) is 11.5 Å². The van der Waals surface area contributed by atoms with E-state index in [1.165, 1.54) is 30.2 Å². The molecule has 4 rings (SSSR count). The van der Waals surface area contributed by atoms with Crippen LogP contribution in [0.5, 0.6) is 0 Å². The number of hydrogen-bond donors (Lipinski definition) is 0. The van der Waals surface area contributed by atoms with Crippen molar-refractivity contribution in [3.05, 3.63) is 67.8 Å². The zero-order valence-corrected chi connectivity index (χ0v) is 24.7. The normalized spacial score (nSPS) is 17.3. The third-order valence-corrected chi connectivity index (χ3v) is 8.90. The maximum atomic E-state index is 13.4. The Morgan fingerprint density at radius 2 is 1.74 bits per heavy atom. The van der Waals surface area contributed by atoms with Crippen LogP contribution in [0.1, 0.15) is 61.3 Å². The summed E-state index contributed by atoms with van der Waals surface area (Å²) in [5.74, 6) is 0.659. The Hall–Kier alpha value is -2.93. The Balaban J connectivity index is 1.59. The van der Waals surface area contributed by atoms with Gasteiger partial charge in [-0.15, -0.1) is 0 Å². The highest BCUT2D eigenvalue weighted by Gasteiger charge is 2.33. The molecule has 2 aliphatic heterocycles. The highest BCUT2D eigenvalue weighted by atomic mass is 32.2. The Kier molecular flexibility index (Phi) is 10.0. The fraction of sp³-hybridized carbons (Fsp3) is 0.467. The van der Waals surface area contributed by atoms with E-state index in [2.05, 4.69) is 47.1 Å². The first-order valence-electron chi connectivity index (χ1n) is 13.8. The minimum atomic E-state index is -0.312. The number of carbonyl (C=O) groups is 1.